The molecule has 0 saturated heterocycles. The fraction of sp³-hybridized carbons (Fsp3) is 0.300. The zero-order valence-corrected chi connectivity index (χ0v) is 7.35. The van der Waals surface area contributed by atoms with E-state index in [4.69, 9.17) is 11.0 Å². The summed E-state index contributed by atoms with van der Waals surface area (Å²) in [7, 11) is 0. The van der Waals surface area contributed by atoms with Gasteiger partial charge >= 0.3 is 0 Å². The standard InChI is InChI=1S/C10H8F2N2/c11-8-3-6-5(1-2-9(6)14)10(12)7(8)4-13/h3,9H,1-2,14H2/t9-/m0/s1. The van der Waals surface area contributed by atoms with E-state index in [1.54, 1.807) is 0 Å². The van der Waals surface area contributed by atoms with Gasteiger partial charge in [0.25, 0.3) is 0 Å². The van der Waals surface area contributed by atoms with E-state index < -0.39 is 17.2 Å². The molecule has 2 rings (SSSR count). The third-order valence-corrected chi connectivity index (χ3v) is 2.57. The average Bonchev–Trinajstić information content (AvgIpc) is 2.49. The van der Waals surface area contributed by atoms with Crippen LogP contribution in [0.25, 0.3) is 0 Å². The average molecular weight is 194 g/mol. The Kier molecular flexibility index (Phi) is 1.97. The van der Waals surface area contributed by atoms with Crippen molar-refractivity contribution in [3.63, 3.8) is 0 Å². The van der Waals surface area contributed by atoms with Crippen molar-refractivity contribution in [2.75, 3.05) is 0 Å². The zero-order valence-electron chi connectivity index (χ0n) is 7.35. The summed E-state index contributed by atoms with van der Waals surface area (Å²) in [5, 5.41) is 8.54. The largest absolute Gasteiger partial charge is 0.324 e. The van der Waals surface area contributed by atoms with Crippen LogP contribution < -0.4 is 5.73 Å². The molecule has 1 aliphatic carbocycles. The van der Waals surface area contributed by atoms with E-state index in [1.807, 2.05) is 0 Å². The molecule has 0 spiro atoms. The number of hydrogen-bond acceptors (Lipinski definition) is 2. The number of halogens is 2. The van der Waals surface area contributed by atoms with Gasteiger partial charge in [0.1, 0.15) is 23.3 Å². The van der Waals surface area contributed by atoms with Crippen molar-refractivity contribution in [3.8, 4) is 6.07 Å². The first kappa shape index (κ1) is 9.10. The summed E-state index contributed by atoms with van der Waals surface area (Å²) in [5.74, 6) is -1.56. The summed E-state index contributed by atoms with van der Waals surface area (Å²) in [4.78, 5) is 0. The van der Waals surface area contributed by atoms with Crippen LogP contribution in [0.15, 0.2) is 6.07 Å². The lowest BCUT2D eigenvalue weighted by Crippen LogP contribution is -2.07. The van der Waals surface area contributed by atoms with Crippen molar-refractivity contribution in [1.29, 1.82) is 5.26 Å². The normalized spacial score (nSPS) is 19.1. The van der Waals surface area contributed by atoms with Crippen molar-refractivity contribution < 1.29 is 8.78 Å². The summed E-state index contributed by atoms with van der Waals surface area (Å²) in [6, 6.07) is 2.39. The fourth-order valence-corrected chi connectivity index (χ4v) is 1.82. The van der Waals surface area contributed by atoms with Crippen LogP contribution in [0, 0.1) is 23.0 Å². The van der Waals surface area contributed by atoms with Crippen LogP contribution in [0.5, 0.6) is 0 Å². The first-order chi connectivity index (χ1) is 6.65. The summed E-state index contributed by atoms with van der Waals surface area (Å²) >= 11 is 0. The molecule has 0 fully saturated rings. The molecular formula is C10H8F2N2. The molecule has 1 aliphatic rings. The molecule has 0 aliphatic heterocycles. The molecule has 0 aromatic heterocycles. The van der Waals surface area contributed by atoms with E-state index in [2.05, 4.69) is 0 Å². The summed E-state index contributed by atoms with van der Waals surface area (Å²) < 4.78 is 26.7. The minimum atomic E-state index is -0.818. The second kappa shape index (κ2) is 3.03. The van der Waals surface area contributed by atoms with Crippen molar-refractivity contribution in [2.24, 2.45) is 5.73 Å². The highest BCUT2D eigenvalue weighted by molar-refractivity contribution is 5.44. The van der Waals surface area contributed by atoms with Gasteiger partial charge in [0.2, 0.25) is 0 Å². The molecule has 0 saturated carbocycles. The fourth-order valence-electron chi connectivity index (χ4n) is 1.82. The van der Waals surface area contributed by atoms with Gasteiger partial charge in [-0.15, -0.1) is 0 Å². The van der Waals surface area contributed by atoms with E-state index in [-0.39, 0.29) is 6.04 Å². The second-order valence-corrected chi connectivity index (χ2v) is 3.37. The van der Waals surface area contributed by atoms with Gasteiger partial charge in [-0.25, -0.2) is 8.78 Å². The Morgan fingerprint density at radius 2 is 2.21 bits per heavy atom. The highest BCUT2D eigenvalue weighted by Gasteiger charge is 2.26. The third kappa shape index (κ3) is 1.10. The van der Waals surface area contributed by atoms with Crippen LogP contribution in [0.3, 0.4) is 0 Å². The zero-order chi connectivity index (χ0) is 10.3. The smallest absolute Gasteiger partial charge is 0.147 e. The van der Waals surface area contributed by atoms with E-state index in [9.17, 15) is 8.78 Å². The molecule has 0 radical (unpaired) electrons. The Morgan fingerprint density at radius 1 is 1.50 bits per heavy atom. The van der Waals surface area contributed by atoms with Gasteiger partial charge in [-0.2, -0.15) is 5.26 Å². The molecule has 14 heavy (non-hydrogen) atoms. The summed E-state index contributed by atoms with van der Waals surface area (Å²) in [6.07, 6.45) is 1.10. The summed E-state index contributed by atoms with van der Waals surface area (Å²) in [6.45, 7) is 0. The molecule has 0 heterocycles. The van der Waals surface area contributed by atoms with Gasteiger partial charge in [0.15, 0.2) is 0 Å². The molecular weight excluding hydrogens is 186 g/mol. The van der Waals surface area contributed by atoms with Crippen LogP contribution in [0.4, 0.5) is 8.78 Å². The van der Waals surface area contributed by atoms with Gasteiger partial charge in [-0.05, 0) is 30.0 Å². The Labute approximate surface area is 79.9 Å². The number of fused-ring (bicyclic) bond motifs is 1. The van der Waals surface area contributed by atoms with Gasteiger partial charge in [-0.1, -0.05) is 0 Å². The van der Waals surface area contributed by atoms with E-state index in [0.717, 1.165) is 0 Å². The van der Waals surface area contributed by atoms with Crippen molar-refractivity contribution >= 4 is 0 Å². The number of nitriles is 1. The van der Waals surface area contributed by atoms with Crippen LogP contribution in [0.1, 0.15) is 29.2 Å². The number of benzene rings is 1. The van der Waals surface area contributed by atoms with Crippen LogP contribution in [-0.2, 0) is 6.42 Å². The van der Waals surface area contributed by atoms with E-state index >= 15 is 0 Å². The molecule has 2 N–H and O–H groups in total. The maximum Gasteiger partial charge on any atom is 0.147 e. The molecule has 0 amide bonds. The number of hydrogen-bond donors (Lipinski definition) is 1. The molecule has 2 nitrogen and oxygen atoms in total. The first-order valence-electron chi connectivity index (χ1n) is 4.31. The maximum absolute atomic E-state index is 13.5. The molecule has 0 bridgehead atoms. The van der Waals surface area contributed by atoms with Crippen molar-refractivity contribution in [1.82, 2.24) is 0 Å². The van der Waals surface area contributed by atoms with Gasteiger partial charge in [0.05, 0.1) is 0 Å². The maximum atomic E-state index is 13.5. The lowest BCUT2D eigenvalue weighted by molar-refractivity contribution is 0.567. The third-order valence-electron chi connectivity index (χ3n) is 2.57. The quantitative estimate of drug-likeness (QED) is 0.684. The lowest BCUT2D eigenvalue weighted by atomic mass is 10.0. The Hall–Kier alpha value is -1.47. The highest BCUT2D eigenvalue weighted by atomic mass is 19.1. The molecule has 0 unspecified atom stereocenters. The van der Waals surface area contributed by atoms with Crippen LogP contribution in [0.2, 0.25) is 0 Å². The predicted octanol–water partition coefficient (Wildman–Crippen LogP) is 1.78. The monoisotopic (exact) mass is 194 g/mol. The molecule has 72 valence electrons. The first-order valence-corrected chi connectivity index (χ1v) is 4.31. The molecule has 4 heteroatoms. The number of rotatable bonds is 0. The Bertz CT molecular complexity index is 435. The molecule has 1 atom stereocenters. The van der Waals surface area contributed by atoms with Crippen molar-refractivity contribution in [2.45, 2.75) is 18.9 Å². The van der Waals surface area contributed by atoms with E-state index in [0.29, 0.717) is 24.0 Å². The minimum Gasteiger partial charge on any atom is -0.324 e. The minimum absolute atomic E-state index is 0.304. The van der Waals surface area contributed by atoms with Gasteiger partial charge in [-0.3, -0.25) is 0 Å². The van der Waals surface area contributed by atoms with Gasteiger partial charge < -0.3 is 5.73 Å². The highest BCUT2D eigenvalue weighted by Crippen LogP contribution is 2.33. The van der Waals surface area contributed by atoms with Gasteiger partial charge in [0, 0.05) is 6.04 Å². The van der Waals surface area contributed by atoms with Crippen LogP contribution in [-0.4, -0.2) is 0 Å². The summed E-state index contributed by atoms with van der Waals surface area (Å²) in [5.41, 5.74) is 6.06. The van der Waals surface area contributed by atoms with E-state index in [1.165, 1.54) is 12.1 Å². The lowest BCUT2D eigenvalue weighted by Gasteiger charge is -2.06. The topological polar surface area (TPSA) is 49.8 Å². The SMILES string of the molecule is N#Cc1c(F)cc2c(c1F)CC[C@@H]2N. The number of nitrogens with two attached hydrogens (primary N) is 1. The Morgan fingerprint density at radius 3 is 2.86 bits per heavy atom. The molecule has 1 aromatic carbocycles. The Balaban J connectivity index is 2.70. The number of nitrogens with zero attached hydrogens (tertiary/aromatic N) is 1. The van der Waals surface area contributed by atoms with Crippen molar-refractivity contribution in [3.05, 3.63) is 34.4 Å². The predicted molar refractivity (Wildman–Crippen MR) is 46.3 cm³/mol. The molecule has 1 aromatic rings. The van der Waals surface area contributed by atoms with Crippen LogP contribution >= 0.6 is 0 Å². The second-order valence-electron chi connectivity index (χ2n) is 3.37.